The van der Waals surface area contributed by atoms with E-state index in [0.717, 1.165) is 47.9 Å². The van der Waals surface area contributed by atoms with Crippen molar-refractivity contribution in [2.45, 2.75) is 39.0 Å². The second-order valence-electron chi connectivity index (χ2n) is 5.64. The predicted octanol–water partition coefficient (Wildman–Crippen LogP) is 2.43. The maximum atomic E-state index is 12.6. The molecule has 0 aliphatic carbocycles. The average molecular weight is 304 g/mol. The van der Waals surface area contributed by atoms with Crippen LogP contribution < -0.4 is 0 Å². The zero-order valence-corrected chi connectivity index (χ0v) is 13.2. The van der Waals surface area contributed by atoms with Gasteiger partial charge in [-0.2, -0.15) is 5.10 Å². The molecule has 1 N–H and O–H groups in total. The van der Waals surface area contributed by atoms with E-state index < -0.39 is 0 Å². The molecule has 1 saturated heterocycles. The van der Waals surface area contributed by atoms with E-state index in [2.05, 4.69) is 15.2 Å². The minimum atomic E-state index is 0.198. The zero-order valence-electron chi connectivity index (χ0n) is 12.4. The summed E-state index contributed by atoms with van der Waals surface area (Å²) in [5.41, 5.74) is 2.96. The molecule has 112 valence electrons. The minimum Gasteiger partial charge on any atom is -0.342 e. The number of hydrogen-bond donors (Lipinski definition) is 1. The number of carbonyl (C=O) groups excluding carboxylic acids is 1. The third-order valence-electron chi connectivity index (χ3n) is 4.18. The van der Waals surface area contributed by atoms with Crippen LogP contribution in [0.15, 0.2) is 11.6 Å². The molecule has 1 amide bonds. The number of carbonyl (C=O) groups is 1. The van der Waals surface area contributed by atoms with E-state index in [1.807, 2.05) is 30.3 Å². The molecule has 0 radical (unpaired) electrons. The van der Waals surface area contributed by atoms with Crippen molar-refractivity contribution < 1.29 is 4.79 Å². The summed E-state index contributed by atoms with van der Waals surface area (Å²) in [7, 11) is 0. The molecule has 21 heavy (non-hydrogen) atoms. The molecule has 1 unspecified atom stereocenters. The lowest BCUT2D eigenvalue weighted by Gasteiger charge is -2.32. The number of hydrogen-bond acceptors (Lipinski definition) is 4. The lowest BCUT2D eigenvalue weighted by molar-refractivity contribution is -0.131. The maximum absolute atomic E-state index is 12.6. The molecule has 6 heteroatoms. The van der Waals surface area contributed by atoms with Crippen molar-refractivity contribution in [3.8, 4) is 0 Å². The number of amides is 1. The Morgan fingerprint density at radius 3 is 3.05 bits per heavy atom. The van der Waals surface area contributed by atoms with Crippen LogP contribution in [0.5, 0.6) is 0 Å². The highest BCUT2D eigenvalue weighted by molar-refractivity contribution is 7.09. The molecule has 2 aromatic heterocycles. The number of likely N-dealkylation sites (tertiary alicyclic amines) is 1. The molecule has 2 aromatic rings. The van der Waals surface area contributed by atoms with E-state index in [1.165, 1.54) is 0 Å². The molecule has 1 aliphatic rings. The Kier molecular flexibility index (Phi) is 4.05. The van der Waals surface area contributed by atoms with Crippen LogP contribution in [0.4, 0.5) is 0 Å². The molecule has 0 spiro atoms. The largest absolute Gasteiger partial charge is 0.342 e. The van der Waals surface area contributed by atoms with Crippen molar-refractivity contribution in [3.63, 3.8) is 0 Å². The molecule has 0 saturated carbocycles. The second-order valence-corrected chi connectivity index (χ2v) is 6.56. The molecule has 0 bridgehead atoms. The molecule has 5 nitrogen and oxygen atoms in total. The number of aromatic amines is 1. The Morgan fingerprint density at radius 2 is 2.38 bits per heavy atom. The highest BCUT2D eigenvalue weighted by atomic mass is 32.1. The van der Waals surface area contributed by atoms with Crippen molar-refractivity contribution in [3.05, 3.63) is 33.5 Å². The van der Waals surface area contributed by atoms with Crippen molar-refractivity contribution >= 4 is 17.2 Å². The van der Waals surface area contributed by atoms with Crippen molar-refractivity contribution in [1.29, 1.82) is 0 Å². The molecule has 1 fully saturated rings. The van der Waals surface area contributed by atoms with Crippen LogP contribution in [0.3, 0.4) is 0 Å². The highest BCUT2D eigenvalue weighted by Gasteiger charge is 2.26. The minimum absolute atomic E-state index is 0.198. The van der Waals surface area contributed by atoms with Gasteiger partial charge in [-0.05, 0) is 26.7 Å². The quantitative estimate of drug-likeness (QED) is 0.947. The Hall–Kier alpha value is -1.69. The first-order chi connectivity index (χ1) is 10.1. The normalized spacial score (nSPS) is 19.0. The van der Waals surface area contributed by atoms with Crippen LogP contribution in [-0.2, 0) is 11.2 Å². The molecular formula is C15H20N4OS. The molecular weight excluding hydrogens is 284 g/mol. The third-order valence-corrected chi connectivity index (χ3v) is 5.12. The van der Waals surface area contributed by atoms with Gasteiger partial charge >= 0.3 is 0 Å². The van der Waals surface area contributed by atoms with Gasteiger partial charge in [0, 0.05) is 41.8 Å². The summed E-state index contributed by atoms with van der Waals surface area (Å²) >= 11 is 1.69. The van der Waals surface area contributed by atoms with E-state index in [4.69, 9.17) is 0 Å². The van der Waals surface area contributed by atoms with E-state index in [9.17, 15) is 4.79 Å². The van der Waals surface area contributed by atoms with Crippen LogP contribution in [0.1, 0.15) is 40.7 Å². The first-order valence-corrected chi connectivity index (χ1v) is 8.20. The van der Waals surface area contributed by atoms with Gasteiger partial charge in [-0.3, -0.25) is 9.89 Å². The summed E-state index contributed by atoms with van der Waals surface area (Å²) in [6, 6.07) is 0. The summed E-state index contributed by atoms with van der Waals surface area (Å²) in [5, 5.41) is 10.3. The number of thiazole rings is 1. The predicted molar refractivity (Wildman–Crippen MR) is 82.4 cm³/mol. The highest BCUT2D eigenvalue weighted by Crippen LogP contribution is 2.28. The fraction of sp³-hybridized carbons (Fsp3) is 0.533. The fourth-order valence-electron chi connectivity index (χ4n) is 2.94. The van der Waals surface area contributed by atoms with E-state index in [-0.39, 0.29) is 5.91 Å². The fourth-order valence-corrected chi connectivity index (χ4v) is 3.71. The van der Waals surface area contributed by atoms with Gasteiger partial charge in [-0.1, -0.05) is 0 Å². The van der Waals surface area contributed by atoms with Crippen LogP contribution in [0, 0.1) is 13.8 Å². The standard InChI is InChI=1S/C15H20N4OS/c1-10-13(11(2)18-17-10)8-14(20)19-6-3-4-12(9-19)15-16-5-7-21-15/h5,7,12H,3-4,6,8-9H2,1-2H3,(H,17,18). The molecule has 1 aliphatic heterocycles. The van der Waals surface area contributed by atoms with E-state index >= 15 is 0 Å². The van der Waals surface area contributed by atoms with E-state index in [1.54, 1.807) is 11.3 Å². The number of aryl methyl sites for hydroxylation is 2. The molecule has 3 heterocycles. The summed E-state index contributed by atoms with van der Waals surface area (Å²) in [5.74, 6) is 0.595. The summed E-state index contributed by atoms with van der Waals surface area (Å²) in [6.45, 7) is 5.57. The lowest BCUT2D eigenvalue weighted by atomic mass is 9.98. The number of rotatable bonds is 3. The van der Waals surface area contributed by atoms with Crippen molar-refractivity contribution in [1.82, 2.24) is 20.1 Å². The number of aromatic nitrogens is 3. The van der Waals surface area contributed by atoms with Crippen molar-refractivity contribution in [2.75, 3.05) is 13.1 Å². The van der Waals surface area contributed by atoms with Gasteiger partial charge in [-0.25, -0.2) is 4.98 Å². The topological polar surface area (TPSA) is 61.9 Å². The Labute approximate surface area is 128 Å². The maximum Gasteiger partial charge on any atom is 0.227 e. The molecule has 1 atom stereocenters. The molecule has 0 aromatic carbocycles. The average Bonchev–Trinajstić information content (AvgIpc) is 3.13. The first-order valence-electron chi connectivity index (χ1n) is 7.32. The van der Waals surface area contributed by atoms with Gasteiger partial charge in [0.05, 0.1) is 17.1 Å². The Morgan fingerprint density at radius 1 is 1.52 bits per heavy atom. The number of nitrogens with zero attached hydrogens (tertiary/aromatic N) is 3. The summed E-state index contributed by atoms with van der Waals surface area (Å²) < 4.78 is 0. The van der Waals surface area contributed by atoms with Gasteiger partial charge in [0.15, 0.2) is 0 Å². The van der Waals surface area contributed by atoms with Gasteiger partial charge in [-0.15, -0.1) is 11.3 Å². The van der Waals surface area contributed by atoms with Crippen LogP contribution in [0.25, 0.3) is 0 Å². The van der Waals surface area contributed by atoms with Crippen molar-refractivity contribution in [2.24, 2.45) is 0 Å². The SMILES string of the molecule is Cc1n[nH]c(C)c1CC(=O)N1CCCC(c2nccs2)C1. The summed E-state index contributed by atoms with van der Waals surface area (Å²) in [6.07, 6.45) is 4.47. The lowest BCUT2D eigenvalue weighted by Crippen LogP contribution is -2.40. The number of piperidine rings is 1. The van der Waals surface area contributed by atoms with Gasteiger partial charge < -0.3 is 4.90 Å². The van der Waals surface area contributed by atoms with Gasteiger partial charge in [0.25, 0.3) is 0 Å². The number of nitrogens with one attached hydrogen (secondary N) is 1. The molecule has 3 rings (SSSR count). The monoisotopic (exact) mass is 304 g/mol. The third kappa shape index (κ3) is 3.00. The summed E-state index contributed by atoms with van der Waals surface area (Å²) in [4.78, 5) is 18.9. The van der Waals surface area contributed by atoms with Gasteiger partial charge in [0.1, 0.15) is 0 Å². The van der Waals surface area contributed by atoms with E-state index in [0.29, 0.717) is 12.3 Å². The second kappa shape index (κ2) is 5.97. The van der Waals surface area contributed by atoms with Gasteiger partial charge in [0.2, 0.25) is 5.91 Å². The Bertz CT molecular complexity index is 600. The van der Waals surface area contributed by atoms with Crippen LogP contribution in [-0.4, -0.2) is 39.1 Å². The zero-order chi connectivity index (χ0) is 14.8. The first kappa shape index (κ1) is 14.3. The smallest absolute Gasteiger partial charge is 0.227 e. The number of H-pyrrole nitrogens is 1. The Balaban J connectivity index is 1.67. The van der Waals surface area contributed by atoms with Crippen LogP contribution in [0.2, 0.25) is 0 Å². The van der Waals surface area contributed by atoms with Crippen LogP contribution >= 0.6 is 11.3 Å².